The number of aromatic nitrogens is 4. The van der Waals surface area contributed by atoms with Crippen molar-refractivity contribution in [1.82, 2.24) is 24.6 Å². The van der Waals surface area contributed by atoms with E-state index in [2.05, 4.69) is 29.0 Å². The second-order valence-corrected chi connectivity index (χ2v) is 8.33. The average Bonchev–Trinajstić information content (AvgIpc) is 3.10. The molecule has 2 aromatic carbocycles. The summed E-state index contributed by atoms with van der Waals surface area (Å²) in [5.74, 6) is 1.25. The van der Waals surface area contributed by atoms with E-state index in [1.54, 1.807) is 0 Å². The number of hydrogen-bond acceptors (Lipinski definition) is 6. The minimum Gasteiger partial charge on any atom is -0.383 e. The van der Waals surface area contributed by atoms with Crippen molar-refractivity contribution in [2.24, 2.45) is 0 Å². The van der Waals surface area contributed by atoms with Crippen LogP contribution in [0, 0.1) is 0 Å². The van der Waals surface area contributed by atoms with Crippen LogP contribution in [-0.2, 0) is 6.54 Å². The average molecular weight is 434 g/mol. The van der Waals surface area contributed by atoms with Gasteiger partial charge in [0.2, 0.25) is 5.95 Å². The molecule has 3 heterocycles. The maximum absolute atomic E-state index is 6.58. The highest BCUT2D eigenvalue weighted by Crippen LogP contribution is 2.33. The van der Waals surface area contributed by atoms with E-state index in [1.165, 1.54) is 0 Å². The fourth-order valence-electron chi connectivity index (χ4n) is 3.88. The van der Waals surface area contributed by atoms with Gasteiger partial charge in [0.15, 0.2) is 5.65 Å². The molecule has 8 heteroatoms. The van der Waals surface area contributed by atoms with Gasteiger partial charge in [-0.2, -0.15) is 4.98 Å². The van der Waals surface area contributed by atoms with E-state index in [9.17, 15) is 0 Å². The summed E-state index contributed by atoms with van der Waals surface area (Å²) in [6, 6.07) is 17.8. The standard InChI is InChI=1S/C23H24ClN7/c1-29-11-13-30(14-12-29)23-26-20(17-7-9-18(24)10-8-17)19-21(25)31(28-22(19)27-23)15-16-5-3-2-4-6-16/h2-10H,11-15,25H2,1H3. The monoisotopic (exact) mass is 433 g/mol. The summed E-state index contributed by atoms with van der Waals surface area (Å²) in [6.07, 6.45) is 0. The lowest BCUT2D eigenvalue weighted by atomic mass is 10.1. The predicted molar refractivity (Wildman–Crippen MR) is 125 cm³/mol. The second-order valence-electron chi connectivity index (χ2n) is 7.90. The molecule has 31 heavy (non-hydrogen) atoms. The molecule has 0 saturated carbocycles. The van der Waals surface area contributed by atoms with Gasteiger partial charge < -0.3 is 15.5 Å². The highest BCUT2D eigenvalue weighted by molar-refractivity contribution is 6.30. The van der Waals surface area contributed by atoms with Gasteiger partial charge in [-0.05, 0) is 24.7 Å². The SMILES string of the molecule is CN1CCN(c2nc(-c3ccc(Cl)cc3)c3c(N)n(Cc4ccccc4)nc3n2)CC1. The Morgan fingerprint density at radius 3 is 2.35 bits per heavy atom. The molecule has 2 N–H and O–H groups in total. The molecule has 0 aliphatic carbocycles. The molecule has 158 valence electrons. The highest BCUT2D eigenvalue weighted by Gasteiger charge is 2.22. The first-order valence-corrected chi connectivity index (χ1v) is 10.7. The summed E-state index contributed by atoms with van der Waals surface area (Å²) in [7, 11) is 2.13. The van der Waals surface area contributed by atoms with Crippen LogP contribution in [0.3, 0.4) is 0 Å². The Morgan fingerprint density at radius 2 is 1.65 bits per heavy atom. The number of likely N-dealkylation sites (N-methyl/N-ethyl adjacent to an activating group) is 1. The van der Waals surface area contributed by atoms with E-state index >= 15 is 0 Å². The topological polar surface area (TPSA) is 76.1 Å². The first kappa shape index (κ1) is 19.8. The Morgan fingerprint density at radius 1 is 0.935 bits per heavy atom. The maximum Gasteiger partial charge on any atom is 0.228 e. The van der Waals surface area contributed by atoms with E-state index in [4.69, 9.17) is 32.4 Å². The molecule has 7 nitrogen and oxygen atoms in total. The number of piperazine rings is 1. The van der Waals surface area contributed by atoms with Crippen LogP contribution in [0.1, 0.15) is 5.56 Å². The number of nitrogens with zero attached hydrogens (tertiary/aromatic N) is 6. The molecule has 4 aromatic rings. The van der Waals surface area contributed by atoms with Gasteiger partial charge in [0.05, 0.1) is 17.6 Å². The van der Waals surface area contributed by atoms with Gasteiger partial charge >= 0.3 is 0 Å². The van der Waals surface area contributed by atoms with Gasteiger partial charge in [-0.3, -0.25) is 0 Å². The summed E-state index contributed by atoms with van der Waals surface area (Å²) in [5.41, 5.74) is 10.0. The summed E-state index contributed by atoms with van der Waals surface area (Å²) in [4.78, 5) is 14.3. The number of rotatable bonds is 4. The van der Waals surface area contributed by atoms with Gasteiger partial charge in [0.25, 0.3) is 0 Å². The van der Waals surface area contributed by atoms with Crippen molar-refractivity contribution in [3.63, 3.8) is 0 Å². The third kappa shape index (κ3) is 3.94. The van der Waals surface area contributed by atoms with Crippen molar-refractivity contribution >= 4 is 34.4 Å². The molecule has 0 atom stereocenters. The van der Waals surface area contributed by atoms with Gasteiger partial charge in [-0.25, -0.2) is 9.67 Å². The summed E-state index contributed by atoms with van der Waals surface area (Å²) in [5, 5.41) is 6.21. The molecule has 1 fully saturated rings. The molecule has 0 amide bonds. The number of fused-ring (bicyclic) bond motifs is 1. The Kier molecular flexibility index (Phi) is 5.21. The zero-order valence-electron chi connectivity index (χ0n) is 17.4. The molecule has 0 spiro atoms. The van der Waals surface area contributed by atoms with Gasteiger partial charge in [0.1, 0.15) is 5.82 Å². The van der Waals surface area contributed by atoms with Gasteiger partial charge in [-0.1, -0.05) is 54.1 Å². The summed E-state index contributed by atoms with van der Waals surface area (Å²) in [6.45, 7) is 4.28. The van der Waals surface area contributed by atoms with Crippen LogP contribution in [0.5, 0.6) is 0 Å². The minimum absolute atomic E-state index is 0.564. The molecular formula is C23H24ClN7. The Labute approximate surface area is 186 Å². The fourth-order valence-corrected chi connectivity index (χ4v) is 4.01. The smallest absolute Gasteiger partial charge is 0.228 e. The van der Waals surface area contributed by atoms with Crippen molar-refractivity contribution in [3.8, 4) is 11.3 Å². The molecule has 0 unspecified atom stereocenters. The van der Waals surface area contributed by atoms with Gasteiger partial charge in [0, 0.05) is 36.8 Å². The predicted octanol–water partition coefficient (Wildman–Crippen LogP) is 3.53. The number of hydrogen-bond donors (Lipinski definition) is 1. The number of nitrogen functional groups attached to an aromatic ring is 1. The molecule has 2 aromatic heterocycles. The van der Waals surface area contributed by atoms with E-state index in [1.807, 2.05) is 47.1 Å². The third-order valence-electron chi connectivity index (χ3n) is 5.71. The van der Waals surface area contributed by atoms with Crippen molar-refractivity contribution in [2.75, 3.05) is 43.9 Å². The lowest BCUT2D eigenvalue weighted by molar-refractivity contribution is 0.311. The summed E-state index contributed by atoms with van der Waals surface area (Å²) < 4.78 is 1.81. The van der Waals surface area contributed by atoms with Crippen molar-refractivity contribution in [1.29, 1.82) is 0 Å². The van der Waals surface area contributed by atoms with Crippen LogP contribution in [0.2, 0.25) is 5.02 Å². The third-order valence-corrected chi connectivity index (χ3v) is 5.96. The number of anilines is 2. The first-order chi connectivity index (χ1) is 15.1. The summed E-state index contributed by atoms with van der Waals surface area (Å²) >= 11 is 6.12. The Bertz CT molecular complexity index is 1200. The molecule has 1 saturated heterocycles. The molecular weight excluding hydrogens is 410 g/mol. The normalized spacial score (nSPS) is 15.0. The minimum atomic E-state index is 0.564. The van der Waals surface area contributed by atoms with Crippen LogP contribution in [-0.4, -0.2) is 57.9 Å². The molecule has 0 radical (unpaired) electrons. The molecule has 0 bridgehead atoms. The van der Waals surface area contributed by atoms with E-state index < -0.39 is 0 Å². The Balaban J connectivity index is 1.64. The molecule has 1 aliphatic heterocycles. The van der Waals surface area contributed by atoms with Gasteiger partial charge in [-0.15, -0.1) is 5.10 Å². The van der Waals surface area contributed by atoms with E-state index in [0.717, 1.165) is 48.4 Å². The largest absolute Gasteiger partial charge is 0.383 e. The van der Waals surface area contributed by atoms with Crippen molar-refractivity contribution < 1.29 is 0 Å². The first-order valence-electron chi connectivity index (χ1n) is 10.4. The zero-order chi connectivity index (χ0) is 21.4. The quantitative estimate of drug-likeness (QED) is 0.530. The Hall–Kier alpha value is -3.16. The van der Waals surface area contributed by atoms with E-state index in [-0.39, 0.29) is 0 Å². The lowest BCUT2D eigenvalue weighted by Gasteiger charge is -2.32. The van der Waals surface area contributed by atoms with Crippen molar-refractivity contribution in [3.05, 3.63) is 65.2 Å². The van der Waals surface area contributed by atoms with E-state index in [0.29, 0.717) is 29.0 Å². The number of nitrogens with two attached hydrogens (primary N) is 1. The lowest BCUT2D eigenvalue weighted by Crippen LogP contribution is -2.45. The maximum atomic E-state index is 6.58. The molecule has 1 aliphatic rings. The van der Waals surface area contributed by atoms with Crippen LogP contribution >= 0.6 is 11.6 Å². The fraction of sp³-hybridized carbons (Fsp3) is 0.261. The second kappa shape index (κ2) is 8.17. The molecule has 5 rings (SSSR count). The number of halogens is 1. The van der Waals surface area contributed by atoms with Crippen molar-refractivity contribution in [2.45, 2.75) is 6.54 Å². The highest BCUT2D eigenvalue weighted by atomic mass is 35.5. The van der Waals surface area contributed by atoms with Crippen LogP contribution < -0.4 is 10.6 Å². The zero-order valence-corrected chi connectivity index (χ0v) is 18.1. The number of benzene rings is 2. The van der Waals surface area contributed by atoms with Crippen LogP contribution in [0.4, 0.5) is 11.8 Å². The van der Waals surface area contributed by atoms with Crippen LogP contribution in [0.15, 0.2) is 54.6 Å². The van der Waals surface area contributed by atoms with Crippen LogP contribution in [0.25, 0.3) is 22.3 Å².